The standard InChI is InChI=1S/C22H31N5O2/c1-4-23-21(27-11-12-29-20(15-27)17-13-25-26(2)14-17)24-16-22(9-10-22)18-5-7-19(28-3)8-6-18/h5-8,13-14,20H,4,9-12,15-16H2,1-3H3,(H,23,24). The van der Waals surface area contributed by atoms with Crippen LogP contribution in [0, 0.1) is 0 Å². The number of guanidine groups is 1. The third-order valence-corrected chi connectivity index (χ3v) is 5.88. The van der Waals surface area contributed by atoms with Crippen molar-refractivity contribution in [2.24, 2.45) is 12.0 Å². The maximum absolute atomic E-state index is 6.00. The maximum atomic E-state index is 6.00. The van der Waals surface area contributed by atoms with Crippen LogP contribution in [0.15, 0.2) is 41.7 Å². The number of ether oxygens (including phenoxy) is 2. The topological polar surface area (TPSA) is 63.9 Å². The van der Waals surface area contributed by atoms with Crippen LogP contribution in [0.4, 0.5) is 0 Å². The first kappa shape index (κ1) is 19.8. The second-order valence-corrected chi connectivity index (χ2v) is 7.93. The molecule has 0 radical (unpaired) electrons. The molecule has 2 heterocycles. The van der Waals surface area contributed by atoms with E-state index in [1.54, 1.807) is 7.11 Å². The lowest BCUT2D eigenvalue weighted by molar-refractivity contribution is -0.00805. The molecule has 156 valence electrons. The highest BCUT2D eigenvalue weighted by Gasteiger charge is 2.44. The first-order valence-electron chi connectivity index (χ1n) is 10.4. The zero-order chi connectivity index (χ0) is 20.3. The Bertz CT molecular complexity index is 841. The van der Waals surface area contributed by atoms with Crippen LogP contribution in [0.2, 0.25) is 0 Å². The van der Waals surface area contributed by atoms with Gasteiger partial charge in [0.1, 0.15) is 11.9 Å². The van der Waals surface area contributed by atoms with Gasteiger partial charge in [0, 0.05) is 37.3 Å². The molecule has 1 saturated heterocycles. The summed E-state index contributed by atoms with van der Waals surface area (Å²) >= 11 is 0. The van der Waals surface area contributed by atoms with Crippen LogP contribution in [0.1, 0.15) is 37.0 Å². The number of aromatic nitrogens is 2. The van der Waals surface area contributed by atoms with Gasteiger partial charge in [0.05, 0.1) is 33.0 Å². The third kappa shape index (κ3) is 4.40. The lowest BCUT2D eigenvalue weighted by Crippen LogP contribution is -2.48. The van der Waals surface area contributed by atoms with Crippen molar-refractivity contribution in [3.05, 3.63) is 47.8 Å². The Hall–Kier alpha value is -2.54. The third-order valence-electron chi connectivity index (χ3n) is 5.88. The highest BCUT2D eigenvalue weighted by atomic mass is 16.5. The second-order valence-electron chi connectivity index (χ2n) is 7.93. The molecule has 2 aliphatic rings. The van der Waals surface area contributed by atoms with E-state index in [0.717, 1.165) is 43.5 Å². The van der Waals surface area contributed by atoms with Gasteiger partial charge in [-0.1, -0.05) is 12.1 Å². The fourth-order valence-corrected chi connectivity index (χ4v) is 3.94. The van der Waals surface area contributed by atoms with Crippen molar-refractivity contribution in [1.82, 2.24) is 20.0 Å². The molecule has 0 bridgehead atoms. The van der Waals surface area contributed by atoms with E-state index >= 15 is 0 Å². The molecule has 1 atom stereocenters. The molecular weight excluding hydrogens is 366 g/mol. The predicted octanol–water partition coefficient (Wildman–Crippen LogP) is 2.50. The van der Waals surface area contributed by atoms with Gasteiger partial charge in [0.15, 0.2) is 5.96 Å². The van der Waals surface area contributed by atoms with Crippen LogP contribution in [-0.4, -0.2) is 60.5 Å². The van der Waals surface area contributed by atoms with Crippen LogP contribution in [0.3, 0.4) is 0 Å². The largest absolute Gasteiger partial charge is 0.497 e. The summed E-state index contributed by atoms with van der Waals surface area (Å²) in [5.74, 6) is 1.88. The summed E-state index contributed by atoms with van der Waals surface area (Å²) < 4.78 is 13.1. The first-order chi connectivity index (χ1) is 14.1. The minimum absolute atomic E-state index is 0.0257. The van der Waals surface area contributed by atoms with Gasteiger partial charge >= 0.3 is 0 Å². The number of aryl methyl sites for hydroxylation is 1. The molecule has 7 heteroatoms. The van der Waals surface area contributed by atoms with Crippen molar-refractivity contribution in [2.75, 3.05) is 39.9 Å². The Labute approximate surface area is 172 Å². The first-order valence-corrected chi connectivity index (χ1v) is 10.4. The van der Waals surface area contributed by atoms with Gasteiger partial charge < -0.3 is 19.7 Å². The summed E-state index contributed by atoms with van der Waals surface area (Å²) in [6.45, 7) is 6.09. The van der Waals surface area contributed by atoms with Gasteiger partial charge in [0.2, 0.25) is 0 Å². The molecule has 29 heavy (non-hydrogen) atoms. The molecule has 2 fully saturated rings. The Morgan fingerprint density at radius 3 is 2.76 bits per heavy atom. The molecule has 1 aromatic heterocycles. The summed E-state index contributed by atoms with van der Waals surface area (Å²) in [5.41, 5.74) is 2.64. The van der Waals surface area contributed by atoms with Crippen LogP contribution in [0.25, 0.3) is 0 Å². The lowest BCUT2D eigenvalue weighted by Gasteiger charge is -2.35. The van der Waals surface area contributed by atoms with Gasteiger partial charge in [0.25, 0.3) is 0 Å². The zero-order valence-corrected chi connectivity index (χ0v) is 17.6. The molecule has 1 aliphatic carbocycles. The molecule has 1 aromatic carbocycles. The monoisotopic (exact) mass is 397 g/mol. The van der Waals surface area contributed by atoms with E-state index < -0.39 is 0 Å². The maximum Gasteiger partial charge on any atom is 0.194 e. The minimum Gasteiger partial charge on any atom is -0.497 e. The number of methoxy groups -OCH3 is 1. The number of aliphatic imine (C=N–C) groups is 1. The average Bonchev–Trinajstić information content (AvgIpc) is 3.43. The van der Waals surface area contributed by atoms with Crippen molar-refractivity contribution in [3.8, 4) is 5.75 Å². The van der Waals surface area contributed by atoms with Gasteiger partial charge in [-0.3, -0.25) is 9.67 Å². The minimum atomic E-state index is 0.0257. The number of rotatable bonds is 6. The number of morpholine rings is 1. The molecule has 2 aromatic rings. The SMILES string of the molecule is CCNC(=NCC1(c2ccc(OC)cc2)CC1)N1CCOC(c2cnn(C)c2)C1. The lowest BCUT2D eigenvalue weighted by atomic mass is 9.96. The fraction of sp³-hybridized carbons (Fsp3) is 0.545. The van der Waals surface area contributed by atoms with Crippen LogP contribution < -0.4 is 10.1 Å². The van der Waals surface area contributed by atoms with Crippen molar-refractivity contribution in [3.63, 3.8) is 0 Å². The highest BCUT2D eigenvalue weighted by molar-refractivity contribution is 5.80. The fourth-order valence-electron chi connectivity index (χ4n) is 3.94. The van der Waals surface area contributed by atoms with E-state index in [9.17, 15) is 0 Å². The number of nitrogens with one attached hydrogen (secondary N) is 1. The number of hydrogen-bond acceptors (Lipinski definition) is 4. The zero-order valence-electron chi connectivity index (χ0n) is 17.6. The molecule has 0 spiro atoms. The molecular formula is C22H31N5O2. The van der Waals surface area contributed by atoms with Gasteiger partial charge in [-0.05, 0) is 37.5 Å². The van der Waals surface area contributed by atoms with E-state index in [1.165, 1.54) is 18.4 Å². The van der Waals surface area contributed by atoms with E-state index in [1.807, 2.05) is 36.3 Å². The summed E-state index contributed by atoms with van der Waals surface area (Å²) in [6.07, 6.45) is 6.31. The molecule has 1 saturated carbocycles. The van der Waals surface area contributed by atoms with Gasteiger partial charge in [-0.2, -0.15) is 5.10 Å². The predicted molar refractivity (Wildman–Crippen MR) is 113 cm³/mol. The normalized spacial score (nSPS) is 21.1. The van der Waals surface area contributed by atoms with Crippen LogP contribution in [-0.2, 0) is 17.2 Å². The second kappa shape index (κ2) is 8.45. The molecule has 0 amide bonds. The summed E-state index contributed by atoms with van der Waals surface area (Å²) in [4.78, 5) is 7.36. The smallest absolute Gasteiger partial charge is 0.194 e. The van der Waals surface area contributed by atoms with Crippen molar-refractivity contribution in [2.45, 2.75) is 31.3 Å². The van der Waals surface area contributed by atoms with Crippen LogP contribution in [0.5, 0.6) is 5.75 Å². The van der Waals surface area contributed by atoms with E-state index in [0.29, 0.717) is 6.61 Å². The Kier molecular flexibility index (Phi) is 5.76. The highest BCUT2D eigenvalue weighted by Crippen LogP contribution is 2.48. The Morgan fingerprint density at radius 1 is 1.34 bits per heavy atom. The Morgan fingerprint density at radius 2 is 2.14 bits per heavy atom. The molecule has 1 N–H and O–H groups in total. The summed E-state index contributed by atoms with van der Waals surface area (Å²) in [7, 11) is 3.64. The summed E-state index contributed by atoms with van der Waals surface area (Å²) in [6, 6.07) is 8.46. The molecule has 1 unspecified atom stereocenters. The average molecular weight is 398 g/mol. The number of nitrogens with zero attached hydrogens (tertiary/aromatic N) is 4. The van der Waals surface area contributed by atoms with E-state index in [-0.39, 0.29) is 11.5 Å². The van der Waals surface area contributed by atoms with Crippen molar-refractivity contribution in [1.29, 1.82) is 0 Å². The molecule has 7 nitrogen and oxygen atoms in total. The number of benzene rings is 1. The van der Waals surface area contributed by atoms with E-state index in [2.05, 4.69) is 34.4 Å². The Balaban J connectivity index is 1.47. The van der Waals surface area contributed by atoms with Crippen LogP contribution >= 0.6 is 0 Å². The summed E-state index contributed by atoms with van der Waals surface area (Å²) in [5, 5.41) is 7.76. The van der Waals surface area contributed by atoms with Gasteiger partial charge in [-0.15, -0.1) is 0 Å². The molecule has 4 rings (SSSR count). The van der Waals surface area contributed by atoms with Gasteiger partial charge in [-0.25, -0.2) is 0 Å². The van der Waals surface area contributed by atoms with Crippen molar-refractivity contribution >= 4 is 5.96 Å². The van der Waals surface area contributed by atoms with Crippen molar-refractivity contribution < 1.29 is 9.47 Å². The number of hydrogen-bond donors (Lipinski definition) is 1. The molecule has 1 aliphatic heterocycles. The van der Waals surface area contributed by atoms with E-state index in [4.69, 9.17) is 14.5 Å². The quantitative estimate of drug-likeness (QED) is 0.599.